The summed E-state index contributed by atoms with van der Waals surface area (Å²) in [5.74, 6) is 0.547. The van der Waals surface area contributed by atoms with Gasteiger partial charge >= 0.3 is 0 Å². The number of hydrogen-bond donors (Lipinski definition) is 1. The summed E-state index contributed by atoms with van der Waals surface area (Å²) in [5, 5.41) is 3.46. The molecule has 1 aromatic rings. The third kappa shape index (κ3) is 4.45. The van der Waals surface area contributed by atoms with Gasteiger partial charge in [0.1, 0.15) is 0 Å². The zero-order chi connectivity index (χ0) is 11.1. The van der Waals surface area contributed by atoms with E-state index in [9.17, 15) is 0 Å². The van der Waals surface area contributed by atoms with Crippen molar-refractivity contribution in [2.45, 2.75) is 25.8 Å². The molecule has 0 heterocycles. The van der Waals surface area contributed by atoms with E-state index in [-0.39, 0.29) is 0 Å². The summed E-state index contributed by atoms with van der Waals surface area (Å²) in [6.07, 6.45) is 0. The molecule has 84 valence electrons. The molecule has 0 aliphatic carbocycles. The van der Waals surface area contributed by atoms with Crippen LogP contribution in [0.4, 0.5) is 0 Å². The van der Waals surface area contributed by atoms with Gasteiger partial charge < -0.3 is 10.1 Å². The quantitative estimate of drug-likeness (QED) is 0.773. The Bertz CT molecular complexity index is 260. The van der Waals surface area contributed by atoms with Gasteiger partial charge in [-0.25, -0.2) is 0 Å². The molecule has 1 rings (SSSR count). The average Bonchev–Trinajstić information content (AvgIpc) is 2.27. The van der Waals surface area contributed by atoms with Crippen molar-refractivity contribution in [1.82, 2.24) is 5.32 Å². The van der Waals surface area contributed by atoms with Crippen LogP contribution in [-0.4, -0.2) is 26.3 Å². The van der Waals surface area contributed by atoms with Crippen LogP contribution in [0.3, 0.4) is 0 Å². The van der Waals surface area contributed by atoms with Gasteiger partial charge in [-0.1, -0.05) is 37.3 Å². The molecule has 0 saturated heterocycles. The van der Waals surface area contributed by atoms with E-state index in [1.54, 1.807) is 7.11 Å². The fraction of sp³-hybridized carbons (Fsp3) is 0.538. The van der Waals surface area contributed by atoms with Gasteiger partial charge in [-0.15, -0.1) is 0 Å². The van der Waals surface area contributed by atoms with E-state index in [4.69, 9.17) is 4.74 Å². The molecule has 0 aliphatic rings. The highest BCUT2D eigenvalue weighted by Crippen LogP contribution is 2.13. The second-order valence-electron chi connectivity index (χ2n) is 4.08. The first-order valence-corrected chi connectivity index (χ1v) is 5.51. The maximum atomic E-state index is 5.08. The summed E-state index contributed by atoms with van der Waals surface area (Å²) in [6.45, 7) is 6.14. The van der Waals surface area contributed by atoms with Crippen molar-refractivity contribution in [2.75, 3.05) is 20.3 Å². The highest BCUT2D eigenvalue weighted by molar-refractivity contribution is 5.18. The topological polar surface area (TPSA) is 21.3 Å². The molecule has 0 radical (unpaired) electrons. The Morgan fingerprint density at radius 1 is 1.20 bits per heavy atom. The lowest BCUT2D eigenvalue weighted by molar-refractivity contribution is 0.171. The van der Waals surface area contributed by atoms with Crippen molar-refractivity contribution in [3.05, 3.63) is 35.9 Å². The number of benzene rings is 1. The van der Waals surface area contributed by atoms with Crippen LogP contribution < -0.4 is 5.32 Å². The molecule has 1 N–H and O–H groups in total. The summed E-state index contributed by atoms with van der Waals surface area (Å²) in [7, 11) is 1.73. The molecule has 2 heteroatoms. The maximum absolute atomic E-state index is 5.08. The van der Waals surface area contributed by atoms with Gasteiger partial charge in [0.15, 0.2) is 0 Å². The van der Waals surface area contributed by atoms with Crippen LogP contribution in [0.15, 0.2) is 30.3 Å². The fourth-order valence-corrected chi connectivity index (χ4v) is 1.59. The smallest absolute Gasteiger partial charge is 0.0613 e. The molecule has 0 amide bonds. The van der Waals surface area contributed by atoms with Crippen molar-refractivity contribution in [3.63, 3.8) is 0 Å². The largest absolute Gasteiger partial charge is 0.383 e. The molecule has 15 heavy (non-hydrogen) atoms. The Hall–Kier alpha value is -0.860. The van der Waals surface area contributed by atoms with Crippen molar-refractivity contribution in [3.8, 4) is 0 Å². The predicted octanol–water partition coefficient (Wildman–Crippen LogP) is 2.41. The Morgan fingerprint density at radius 2 is 1.87 bits per heavy atom. The third-order valence-corrected chi connectivity index (χ3v) is 2.56. The highest BCUT2D eigenvalue weighted by Gasteiger charge is 2.06. The number of methoxy groups -OCH3 is 1. The van der Waals surface area contributed by atoms with Crippen LogP contribution in [0, 0.1) is 0 Å². The second-order valence-corrected chi connectivity index (χ2v) is 4.08. The van der Waals surface area contributed by atoms with Gasteiger partial charge in [0.2, 0.25) is 0 Å². The summed E-state index contributed by atoms with van der Waals surface area (Å²) >= 11 is 0. The van der Waals surface area contributed by atoms with E-state index < -0.39 is 0 Å². The molecule has 0 bridgehead atoms. The Labute approximate surface area is 92.6 Å². The molecule has 0 aromatic heterocycles. The maximum Gasteiger partial charge on any atom is 0.0613 e. The minimum atomic E-state index is 0.418. The summed E-state index contributed by atoms with van der Waals surface area (Å²) in [5.41, 5.74) is 1.38. The minimum absolute atomic E-state index is 0.418. The molecule has 0 saturated carbocycles. The van der Waals surface area contributed by atoms with Gasteiger partial charge in [-0.2, -0.15) is 0 Å². The van der Waals surface area contributed by atoms with Crippen LogP contribution >= 0.6 is 0 Å². The Kier molecular flexibility index (Phi) is 5.37. The zero-order valence-corrected chi connectivity index (χ0v) is 9.86. The third-order valence-electron chi connectivity index (χ3n) is 2.56. The van der Waals surface area contributed by atoms with Crippen LogP contribution in [0.2, 0.25) is 0 Å². The van der Waals surface area contributed by atoms with E-state index in [1.165, 1.54) is 5.56 Å². The van der Waals surface area contributed by atoms with E-state index in [0.29, 0.717) is 12.0 Å². The number of rotatable bonds is 6. The molecule has 2 atom stereocenters. The normalized spacial score (nSPS) is 14.9. The monoisotopic (exact) mass is 207 g/mol. The highest BCUT2D eigenvalue weighted by atomic mass is 16.5. The van der Waals surface area contributed by atoms with Crippen LogP contribution in [0.5, 0.6) is 0 Å². The van der Waals surface area contributed by atoms with Gasteiger partial charge in [0.25, 0.3) is 0 Å². The molecular weight excluding hydrogens is 186 g/mol. The first-order chi connectivity index (χ1) is 7.24. The number of nitrogens with one attached hydrogen (secondary N) is 1. The lowest BCUT2D eigenvalue weighted by Gasteiger charge is -2.17. The first kappa shape index (κ1) is 12.2. The van der Waals surface area contributed by atoms with Crippen molar-refractivity contribution in [1.29, 1.82) is 0 Å². The minimum Gasteiger partial charge on any atom is -0.383 e. The van der Waals surface area contributed by atoms with Gasteiger partial charge in [0.05, 0.1) is 6.61 Å². The average molecular weight is 207 g/mol. The van der Waals surface area contributed by atoms with Gasteiger partial charge in [0, 0.05) is 19.7 Å². The molecule has 0 spiro atoms. The zero-order valence-electron chi connectivity index (χ0n) is 9.86. The SMILES string of the molecule is COCC(C)NCC(C)c1ccccc1. The van der Waals surface area contributed by atoms with E-state index in [1.807, 2.05) is 0 Å². The summed E-state index contributed by atoms with van der Waals surface area (Å²) in [4.78, 5) is 0. The molecule has 2 nitrogen and oxygen atoms in total. The molecule has 1 aromatic carbocycles. The van der Waals surface area contributed by atoms with E-state index in [2.05, 4.69) is 49.5 Å². The fourth-order valence-electron chi connectivity index (χ4n) is 1.59. The van der Waals surface area contributed by atoms with Crippen molar-refractivity contribution in [2.24, 2.45) is 0 Å². The van der Waals surface area contributed by atoms with Crippen LogP contribution in [0.1, 0.15) is 25.3 Å². The van der Waals surface area contributed by atoms with Crippen molar-refractivity contribution >= 4 is 0 Å². The second kappa shape index (κ2) is 6.59. The molecular formula is C13H21NO. The summed E-state index contributed by atoms with van der Waals surface area (Å²) < 4.78 is 5.08. The summed E-state index contributed by atoms with van der Waals surface area (Å²) in [6, 6.07) is 11.0. The van der Waals surface area contributed by atoms with E-state index >= 15 is 0 Å². The first-order valence-electron chi connectivity index (χ1n) is 5.51. The Balaban J connectivity index is 2.33. The van der Waals surface area contributed by atoms with E-state index in [0.717, 1.165) is 13.2 Å². The van der Waals surface area contributed by atoms with Crippen LogP contribution in [-0.2, 0) is 4.74 Å². The molecule has 0 fully saturated rings. The van der Waals surface area contributed by atoms with Crippen molar-refractivity contribution < 1.29 is 4.74 Å². The standard InChI is InChI=1S/C13H21NO/c1-11(9-14-12(2)10-15-3)13-7-5-4-6-8-13/h4-8,11-12,14H,9-10H2,1-3H3. The van der Waals surface area contributed by atoms with Crippen LogP contribution in [0.25, 0.3) is 0 Å². The van der Waals surface area contributed by atoms with Gasteiger partial charge in [-0.05, 0) is 18.4 Å². The number of hydrogen-bond acceptors (Lipinski definition) is 2. The molecule has 2 unspecified atom stereocenters. The lowest BCUT2D eigenvalue weighted by atomic mass is 10.0. The predicted molar refractivity (Wildman–Crippen MR) is 64.2 cm³/mol. The number of ether oxygens (including phenoxy) is 1. The Morgan fingerprint density at radius 3 is 2.47 bits per heavy atom. The lowest BCUT2D eigenvalue weighted by Crippen LogP contribution is -2.33. The van der Waals surface area contributed by atoms with Gasteiger partial charge in [-0.3, -0.25) is 0 Å². The molecule has 0 aliphatic heterocycles.